The molecule has 1 aliphatic rings. The Bertz CT molecular complexity index is 720. The highest BCUT2D eigenvalue weighted by Gasteiger charge is 2.34. The quantitative estimate of drug-likeness (QED) is 0.939. The molecule has 1 aromatic carbocycles. The van der Waals surface area contributed by atoms with Gasteiger partial charge in [-0.3, -0.25) is 14.7 Å². The topological polar surface area (TPSA) is 45.2 Å². The Labute approximate surface area is 141 Å². The fourth-order valence-corrected chi connectivity index (χ4v) is 3.32. The molecule has 0 aliphatic carbocycles. The second-order valence-corrected chi connectivity index (χ2v) is 6.43. The summed E-state index contributed by atoms with van der Waals surface area (Å²) < 4.78 is 13.9. The van der Waals surface area contributed by atoms with E-state index in [1.165, 1.54) is 0 Å². The number of carbonyl (C=O) groups excluding carboxylic acids is 1. The molecule has 2 unspecified atom stereocenters. The maximum Gasteiger partial charge on any atom is 0.224 e. The highest BCUT2D eigenvalue weighted by Crippen LogP contribution is 2.31. The third kappa shape index (κ3) is 3.62. The van der Waals surface area contributed by atoms with Crippen LogP contribution < -0.4 is 5.32 Å². The summed E-state index contributed by atoms with van der Waals surface area (Å²) in [5.74, 6) is -0.228. The summed E-state index contributed by atoms with van der Waals surface area (Å²) in [6.45, 7) is 2.63. The molecule has 0 saturated carbocycles. The molecule has 1 fully saturated rings. The Hall–Kier alpha value is -2.27. The van der Waals surface area contributed by atoms with Crippen LogP contribution in [-0.2, 0) is 11.2 Å². The van der Waals surface area contributed by atoms with Crippen LogP contribution in [0.15, 0.2) is 42.7 Å². The van der Waals surface area contributed by atoms with Gasteiger partial charge in [0.25, 0.3) is 0 Å². The molecule has 2 heterocycles. The van der Waals surface area contributed by atoms with Gasteiger partial charge in [-0.1, -0.05) is 18.2 Å². The number of halogens is 1. The maximum atomic E-state index is 13.9. The first-order valence-electron chi connectivity index (χ1n) is 8.19. The van der Waals surface area contributed by atoms with Gasteiger partial charge in [-0.15, -0.1) is 0 Å². The van der Waals surface area contributed by atoms with E-state index in [4.69, 9.17) is 0 Å². The number of benzene rings is 1. The zero-order chi connectivity index (χ0) is 17.1. The number of likely N-dealkylation sites (tertiary alicyclic amines) is 1. The van der Waals surface area contributed by atoms with Gasteiger partial charge in [-0.2, -0.15) is 0 Å². The lowest BCUT2D eigenvalue weighted by Gasteiger charge is -2.26. The Morgan fingerprint density at radius 3 is 2.96 bits per heavy atom. The minimum atomic E-state index is -0.201. The van der Waals surface area contributed by atoms with Gasteiger partial charge in [0.05, 0.1) is 12.5 Å². The molecule has 1 aromatic heterocycles. The average molecular weight is 327 g/mol. The van der Waals surface area contributed by atoms with Crippen LogP contribution in [0.1, 0.15) is 29.2 Å². The van der Waals surface area contributed by atoms with Crippen molar-refractivity contribution in [2.24, 2.45) is 0 Å². The minimum Gasteiger partial charge on any atom is -0.351 e. The molecule has 1 N–H and O–H groups in total. The fourth-order valence-electron chi connectivity index (χ4n) is 3.32. The van der Waals surface area contributed by atoms with Gasteiger partial charge in [0, 0.05) is 25.0 Å². The number of nitrogens with zero attached hydrogens (tertiary/aromatic N) is 2. The van der Waals surface area contributed by atoms with E-state index in [0.717, 1.165) is 24.1 Å². The van der Waals surface area contributed by atoms with Crippen molar-refractivity contribution in [1.82, 2.24) is 15.2 Å². The summed E-state index contributed by atoms with van der Waals surface area (Å²) in [7, 11) is 2.01. The van der Waals surface area contributed by atoms with Gasteiger partial charge < -0.3 is 5.32 Å². The minimum absolute atomic E-state index is 0.00190. The largest absolute Gasteiger partial charge is 0.351 e. The molecular weight excluding hydrogens is 305 g/mol. The summed E-state index contributed by atoms with van der Waals surface area (Å²) in [5, 5.41) is 3.11. The summed E-state index contributed by atoms with van der Waals surface area (Å²) in [4.78, 5) is 18.5. The fraction of sp³-hybridized carbons (Fsp3) is 0.368. The summed E-state index contributed by atoms with van der Waals surface area (Å²) in [5.41, 5.74) is 2.43. The van der Waals surface area contributed by atoms with E-state index in [1.54, 1.807) is 31.5 Å². The van der Waals surface area contributed by atoms with E-state index in [-0.39, 0.29) is 23.8 Å². The highest BCUT2D eigenvalue weighted by atomic mass is 19.1. The Morgan fingerprint density at radius 1 is 1.42 bits per heavy atom. The predicted molar refractivity (Wildman–Crippen MR) is 91.0 cm³/mol. The Morgan fingerprint density at radius 2 is 2.25 bits per heavy atom. The lowest BCUT2D eigenvalue weighted by molar-refractivity contribution is -0.121. The number of carbonyl (C=O) groups is 1. The van der Waals surface area contributed by atoms with E-state index in [0.29, 0.717) is 12.0 Å². The van der Waals surface area contributed by atoms with Crippen molar-refractivity contribution in [3.8, 4) is 0 Å². The lowest BCUT2D eigenvalue weighted by Crippen LogP contribution is -2.39. The first-order valence-corrected chi connectivity index (χ1v) is 8.19. The molecule has 2 aromatic rings. The number of aryl methyl sites for hydroxylation is 1. The van der Waals surface area contributed by atoms with Crippen molar-refractivity contribution in [3.63, 3.8) is 0 Å². The van der Waals surface area contributed by atoms with Crippen LogP contribution in [0.3, 0.4) is 0 Å². The number of aromatic nitrogens is 1. The second-order valence-electron chi connectivity index (χ2n) is 6.43. The van der Waals surface area contributed by atoms with E-state index in [2.05, 4.69) is 15.2 Å². The number of hydrogen-bond donors (Lipinski definition) is 1. The second kappa shape index (κ2) is 7.09. The van der Waals surface area contributed by atoms with E-state index in [9.17, 15) is 9.18 Å². The number of hydrogen-bond acceptors (Lipinski definition) is 3. The molecule has 0 radical (unpaired) electrons. The zero-order valence-corrected chi connectivity index (χ0v) is 14.0. The van der Waals surface area contributed by atoms with Gasteiger partial charge in [-0.25, -0.2) is 4.39 Å². The summed E-state index contributed by atoms with van der Waals surface area (Å²) in [6, 6.07) is 9.03. The van der Waals surface area contributed by atoms with Crippen LogP contribution in [0.2, 0.25) is 0 Å². The normalized spacial score (nSPS) is 21.0. The van der Waals surface area contributed by atoms with E-state index >= 15 is 0 Å². The van der Waals surface area contributed by atoms with Gasteiger partial charge in [-0.05, 0) is 49.2 Å². The van der Waals surface area contributed by atoms with Crippen LogP contribution >= 0.6 is 0 Å². The van der Waals surface area contributed by atoms with E-state index in [1.807, 2.05) is 25.2 Å². The van der Waals surface area contributed by atoms with Gasteiger partial charge in [0.2, 0.25) is 5.91 Å². The van der Waals surface area contributed by atoms with Crippen molar-refractivity contribution < 1.29 is 9.18 Å². The SMILES string of the molecule is Cc1ccc(C2C(NC(=O)Cc3cccnc3)CCN2C)cc1F. The summed E-state index contributed by atoms with van der Waals surface area (Å²) >= 11 is 0. The van der Waals surface area contributed by atoms with Crippen molar-refractivity contribution >= 4 is 5.91 Å². The van der Waals surface area contributed by atoms with E-state index < -0.39 is 0 Å². The Balaban J connectivity index is 1.72. The van der Waals surface area contributed by atoms with Crippen LogP contribution in [0.25, 0.3) is 0 Å². The molecular formula is C19H22FN3O. The van der Waals surface area contributed by atoms with Crippen molar-refractivity contribution in [2.75, 3.05) is 13.6 Å². The maximum absolute atomic E-state index is 13.9. The first kappa shape index (κ1) is 16.6. The number of likely N-dealkylation sites (N-methyl/N-ethyl adjacent to an activating group) is 1. The zero-order valence-electron chi connectivity index (χ0n) is 14.0. The molecule has 24 heavy (non-hydrogen) atoms. The molecule has 5 heteroatoms. The molecule has 0 spiro atoms. The lowest BCUT2D eigenvalue weighted by atomic mass is 9.98. The van der Waals surface area contributed by atoms with Crippen molar-refractivity contribution in [2.45, 2.75) is 31.8 Å². The van der Waals surface area contributed by atoms with Crippen LogP contribution in [0, 0.1) is 12.7 Å². The average Bonchev–Trinajstić information content (AvgIpc) is 2.91. The third-order valence-corrected chi connectivity index (χ3v) is 4.62. The number of amides is 1. The highest BCUT2D eigenvalue weighted by molar-refractivity contribution is 5.78. The third-order valence-electron chi connectivity index (χ3n) is 4.62. The molecule has 1 saturated heterocycles. The summed E-state index contributed by atoms with van der Waals surface area (Å²) in [6.07, 6.45) is 4.56. The molecule has 2 atom stereocenters. The smallest absolute Gasteiger partial charge is 0.224 e. The number of nitrogens with one attached hydrogen (secondary N) is 1. The van der Waals surface area contributed by atoms with Crippen molar-refractivity contribution in [3.05, 3.63) is 65.2 Å². The molecule has 1 aliphatic heterocycles. The van der Waals surface area contributed by atoms with Crippen molar-refractivity contribution in [1.29, 1.82) is 0 Å². The predicted octanol–water partition coefficient (Wildman–Crippen LogP) is 2.63. The number of pyridine rings is 1. The molecule has 0 bridgehead atoms. The van der Waals surface area contributed by atoms with Gasteiger partial charge >= 0.3 is 0 Å². The van der Waals surface area contributed by atoms with Gasteiger partial charge in [0.1, 0.15) is 5.82 Å². The van der Waals surface area contributed by atoms with Crippen LogP contribution in [-0.4, -0.2) is 35.4 Å². The monoisotopic (exact) mass is 327 g/mol. The number of rotatable bonds is 4. The van der Waals surface area contributed by atoms with Crippen LogP contribution in [0.4, 0.5) is 4.39 Å². The van der Waals surface area contributed by atoms with Gasteiger partial charge in [0.15, 0.2) is 0 Å². The standard InChI is InChI=1S/C19H22FN3O/c1-13-5-6-15(11-16(13)20)19-17(7-9-23(19)2)22-18(24)10-14-4-3-8-21-12-14/h3-6,8,11-12,17,19H,7,9-10H2,1-2H3,(H,22,24). The Kier molecular flexibility index (Phi) is 4.90. The van der Waals surface area contributed by atoms with Crippen LogP contribution in [0.5, 0.6) is 0 Å². The molecule has 4 nitrogen and oxygen atoms in total. The first-order chi connectivity index (χ1) is 11.5. The molecule has 1 amide bonds. The molecule has 3 rings (SSSR count). The molecule has 126 valence electrons.